The predicted octanol–water partition coefficient (Wildman–Crippen LogP) is 2.27. The van der Waals surface area contributed by atoms with Crippen molar-refractivity contribution in [2.75, 3.05) is 18.6 Å². The van der Waals surface area contributed by atoms with Gasteiger partial charge < -0.3 is 10.4 Å². The topological polar surface area (TPSA) is 32.3 Å². The lowest BCUT2D eigenvalue weighted by molar-refractivity contribution is 0.0899. The molecule has 0 spiro atoms. The molecule has 0 aromatic rings. The number of nitrogens with one attached hydrogen (secondary N) is 1. The van der Waals surface area contributed by atoms with Crippen LogP contribution in [-0.2, 0) is 0 Å². The molecule has 15 heavy (non-hydrogen) atoms. The smallest absolute Gasteiger partial charge is 0.0693 e. The van der Waals surface area contributed by atoms with E-state index in [-0.39, 0.29) is 6.10 Å². The highest BCUT2D eigenvalue weighted by Gasteiger charge is 2.25. The van der Waals surface area contributed by atoms with Crippen LogP contribution >= 0.6 is 11.8 Å². The van der Waals surface area contributed by atoms with Gasteiger partial charge in [0.25, 0.3) is 0 Å². The first-order valence-corrected chi connectivity index (χ1v) is 7.57. The van der Waals surface area contributed by atoms with Gasteiger partial charge in [0.1, 0.15) is 0 Å². The molecular formula is C12H25NOS. The van der Waals surface area contributed by atoms with Gasteiger partial charge in [-0.25, -0.2) is 0 Å². The molecule has 3 heteroatoms. The van der Waals surface area contributed by atoms with Crippen molar-refractivity contribution >= 4 is 11.8 Å². The summed E-state index contributed by atoms with van der Waals surface area (Å²) in [5.74, 6) is 1.99. The minimum absolute atomic E-state index is 0.133. The van der Waals surface area contributed by atoms with Crippen molar-refractivity contribution in [3.63, 3.8) is 0 Å². The summed E-state index contributed by atoms with van der Waals surface area (Å²) in [6.07, 6.45) is 7.79. The lowest BCUT2D eigenvalue weighted by Gasteiger charge is -2.33. The number of rotatable bonds is 6. The zero-order valence-corrected chi connectivity index (χ0v) is 10.9. The third kappa shape index (κ3) is 4.75. The fourth-order valence-electron chi connectivity index (χ4n) is 2.34. The highest BCUT2D eigenvalue weighted by Crippen LogP contribution is 2.22. The Bertz CT molecular complexity index is 166. The van der Waals surface area contributed by atoms with Crippen molar-refractivity contribution in [2.45, 2.75) is 51.2 Å². The quantitative estimate of drug-likeness (QED) is 0.688. The van der Waals surface area contributed by atoms with E-state index in [0.29, 0.717) is 6.04 Å². The fourth-order valence-corrected chi connectivity index (χ4v) is 2.79. The van der Waals surface area contributed by atoms with Crippen LogP contribution in [0.25, 0.3) is 0 Å². The normalized spacial score (nSPS) is 29.0. The third-order valence-corrected chi connectivity index (χ3v) is 4.13. The number of hydrogen-bond donors (Lipinski definition) is 2. The van der Waals surface area contributed by atoms with Crippen molar-refractivity contribution in [2.24, 2.45) is 5.92 Å². The van der Waals surface area contributed by atoms with E-state index in [1.54, 1.807) is 0 Å². The van der Waals surface area contributed by atoms with Crippen LogP contribution in [0.3, 0.4) is 0 Å². The first-order chi connectivity index (χ1) is 7.27. The minimum atomic E-state index is -0.133. The standard InChI is InChI=1S/C12H25NOS/c1-3-10-6-7-13-11(9-10)12(14)5-4-8-15-2/h10-14H,3-9H2,1-2H3. The van der Waals surface area contributed by atoms with E-state index < -0.39 is 0 Å². The van der Waals surface area contributed by atoms with Gasteiger partial charge in [0.2, 0.25) is 0 Å². The first-order valence-electron chi connectivity index (χ1n) is 6.18. The summed E-state index contributed by atoms with van der Waals surface area (Å²) in [5, 5.41) is 13.5. The molecule has 1 fully saturated rings. The van der Waals surface area contributed by atoms with Crippen LogP contribution in [0.15, 0.2) is 0 Å². The van der Waals surface area contributed by atoms with Crippen molar-refractivity contribution in [1.29, 1.82) is 0 Å². The zero-order valence-electron chi connectivity index (χ0n) is 10.0. The lowest BCUT2D eigenvalue weighted by Crippen LogP contribution is -2.45. The highest BCUT2D eigenvalue weighted by atomic mass is 32.2. The molecule has 1 aliphatic rings. The maximum Gasteiger partial charge on any atom is 0.0693 e. The van der Waals surface area contributed by atoms with Gasteiger partial charge in [0.15, 0.2) is 0 Å². The van der Waals surface area contributed by atoms with Crippen LogP contribution in [0.4, 0.5) is 0 Å². The molecular weight excluding hydrogens is 206 g/mol. The van der Waals surface area contributed by atoms with Crippen LogP contribution in [-0.4, -0.2) is 35.8 Å². The van der Waals surface area contributed by atoms with E-state index in [2.05, 4.69) is 18.5 Å². The van der Waals surface area contributed by atoms with Crippen LogP contribution < -0.4 is 5.32 Å². The van der Waals surface area contributed by atoms with E-state index in [1.165, 1.54) is 18.6 Å². The molecule has 90 valence electrons. The Kier molecular flexibility index (Phi) is 6.69. The van der Waals surface area contributed by atoms with Gasteiger partial charge in [-0.15, -0.1) is 0 Å². The van der Waals surface area contributed by atoms with Gasteiger partial charge in [-0.3, -0.25) is 0 Å². The summed E-state index contributed by atoms with van der Waals surface area (Å²) in [6.45, 7) is 3.34. The second kappa shape index (κ2) is 7.53. The van der Waals surface area contributed by atoms with Gasteiger partial charge in [-0.2, -0.15) is 11.8 Å². The molecule has 2 nitrogen and oxygen atoms in total. The van der Waals surface area contributed by atoms with E-state index in [0.717, 1.165) is 31.7 Å². The molecule has 1 heterocycles. The summed E-state index contributed by atoms with van der Waals surface area (Å²) in [7, 11) is 0. The molecule has 0 aromatic carbocycles. The molecule has 3 unspecified atom stereocenters. The molecule has 0 aliphatic carbocycles. The van der Waals surface area contributed by atoms with Gasteiger partial charge in [-0.1, -0.05) is 13.3 Å². The van der Waals surface area contributed by atoms with Crippen molar-refractivity contribution in [1.82, 2.24) is 5.32 Å². The maximum absolute atomic E-state index is 10.0. The average Bonchev–Trinajstić information content (AvgIpc) is 2.29. The number of aliphatic hydroxyl groups is 1. The van der Waals surface area contributed by atoms with E-state index in [4.69, 9.17) is 0 Å². The summed E-state index contributed by atoms with van der Waals surface area (Å²) in [4.78, 5) is 0. The Morgan fingerprint density at radius 1 is 1.53 bits per heavy atom. The molecule has 1 rings (SSSR count). The zero-order chi connectivity index (χ0) is 11.1. The van der Waals surface area contributed by atoms with Gasteiger partial charge in [0, 0.05) is 6.04 Å². The lowest BCUT2D eigenvalue weighted by atomic mass is 9.87. The minimum Gasteiger partial charge on any atom is -0.392 e. The molecule has 2 N–H and O–H groups in total. The van der Waals surface area contributed by atoms with Crippen LogP contribution in [0.1, 0.15) is 39.0 Å². The monoisotopic (exact) mass is 231 g/mol. The first kappa shape index (κ1) is 13.3. The van der Waals surface area contributed by atoms with E-state index in [1.807, 2.05) is 11.8 Å². The third-order valence-electron chi connectivity index (χ3n) is 3.44. The van der Waals surface area contributed by atoms with Crippen molar-refractivity contribution in [3.8, 4) is 0 Å². The number of thioether (sulfide) groups is 1. The van der Waals surface area contributed by atoms with Crippen LogP contribution in [0, 0.1) is 5.92 Å². The average molecular weight is 231 g/mol. The van der Waals surface area contributed by atoms with Crippen molar-refractivity contribution < 1.29 is 5.11 Å². The Morgan fingerprint density at radius 2 is 2.33 bits per heavy atom. The summed E-state index contributed by atoms with van der Waals surface area (Å²) in [5.41, 5.74) is 0. The second-order valence-corrected chi connectivity index (χ2v) is 5.55. The van der Waals surface area contributed by atoms with Gasteiger partial charge in [-0.05, 0) is 50.2 Å². The summed E-state index contributed by atoms with van der Waals surface area (Å²) < 4.78 is 0. The number of hydrogen-bond acceptors (Lipinski definition) is 3. The van der Waals surface area contributed by atoms with Gasteiger partial charge >= 0.3 is 0 Å². The second-order valence-electron chi connectivity index (χ2n) is 4.56. The molecule has 0 amide bonds. The van der Waals surface area contributed by atoms with E-state index >= 15 is 0 Å². The summed E-state index contributed by atoms with van der Waals surface area (Å²) >= 11 is 1.86. The molecule has 3 atom stereocenters. The Balaban J connectivity index is 2.22. The highest BCUT2D eigenvalue weighted by molar-refractivity contribution is 7.98. The molecule has 0 radical (unpaired) electrons. The van der Waals surface area contributed by atoms with Crippen molar-refractivity contribution in [3.05, 3.63) is 0 Å². The maximum atomic E-state index is 10.0. The molecule has 1 aliphatic heterocycles. The number of aliphatic hydroxyl groups excluding tert-OH is 1. The largest absolute Gasteiger partial charge is 0.392 e. The molecule has 0 aromatic heterocycles. The van der Waals surface area contributed by atoms with Crippen LogP contribution in [0.5, 0.6) is 0 Å². The Labute approximate surface area is 98.2 Å². The van der Waals surface area contributed by atoms with Crippen LogP contribution in [0.2, 0.25) is 0 Å². The molecule has 0 saturated carbocycles. The molecule has 0 bridgehead atoms. The Hall–Kier alpha value is 0.270. The number of piperidine rings is 1. The predicted molar refractivity (Wildman–Crippen MR) is 68.4 cm³/mol. The molecule has 1 saturated heterocycles. The van der Waals surface area contributed by atoms with Gasteiger partial charge in [0.05, 0.1) is 6.10 Å². The fraction of sp³-hybridized carbons (Fsp3) is 1.00. The summed E-state index contributed by atoms with van der Waals surface area (Å²) in [6, 6.07) is 0.352. The Morgan fingerprint density at radius 3 is 3.00 bits per heavy atom. The SMILES string of the molecule is CCC1CCNC(C(O)CCCSC)C1. The van der Waals surface area contributed by atoms with E-state index in [9.17, 15) is 5.11 Å².